The predicted molar refractivity (Wildman–Crippen MR) is 173 cm³/mol. The van der Waals surface area contributed by atoms with Gasteiger partial charge in [0.1, 0.15) is 23.1 Å². The molecule has 9 heteroatoms. The maximum absolute atomic E-state index is 11.7. The van der Waals surface area contributed by atoms with Gasteiger partial charge < -0.3 is 24.4 Å². The van der Waals surface area contributed by atoms with Crippen molar-refractivity contribution in [2.24, 2.45) is 0 Å². The van der Waals surface area contributed by atoms with Crippen LogP contribution in [0.15, 0.2) is 66.7 Å². The van der Waals surface area contributed by atoms with E-state index in [9.17, 15) is 4.79 Å². The summed E-state index contributed by atoms with van der Waals surface area (Å²) in [4.78, 5) is 16.1. The first kappa shape index (κ1) is 31.1. The lowest BCUT2D eigenvalue weighted by atomic mass is 9.95. The monoisotopic (exact) mass is 597 g/mol. The van der Waals surface area contributed by atoms with E-state index in [0.717, 1.165) is 75.5 Å². The van der Waals surface area contributed by atoms with E-state index in [1.165, 1.54) is 5.56 Å². The molecule has 3 aromatic carbocycles. The molecule has 0 saturated carbocycles. The van der Waals surface area contributed by atoms with E-state index in [0.29, 0.717) is 41.5 Å². The first-order chi connectivity index (χ1) is 21.4. The number of amides is 1. The van der Waals surface area contributed by atoms with E-state index in [4.69, 9.17) is 25.0 Å². The lowest BCUT2D eigenvalue weighted by Gasteiger charge is -2.33. The van der Waals surface area contributed by atoms with Crippen LogP contribution in [0.2, 0.25) is 0 Å². The zero-order chi connectivity index (χ0) is 30.9. The number of carbonyl (C=O) groups excluding carboxylic acids is 1. The molecule has 5 rings (SSSR count). The molecule has 2 aliphatic rings. The summed E-state index contributed by atoms with van der Waals surface area (Å²) in [7, 11) is 3.23. The fraction of sp³-hybridized carbons (Fsp3) is 0.400. The average molecular weight is 598 g/mol. The van der Waals surface area contributed by atoms with Crippen molar-refractivity contribution in [1.29, 1.82) is 10.8 Å². The summed E-state index contributed by atoms with van der Waals surface area (Å²) < 4.78 is 16.6. The van der Waals surface area contributed by atoms with Crippen molar-refractivity contribution in [1.82, 2.24) is 15.1 Å². The maximum Gasteiger partial charge on any atom is 0.222 e. The van der Waals surface area contributed by atoms with Crippen LogP contribution in [0, 0.1) is 10.8 Å². The number of carbonyl (C=O) groups is 1. The van der Waals surface area contributed by atoms with E-state index in [1.54, 1.807) is 14.2 Å². The van der Waals surface area contributed by atoms with E-state index in [-0.39, 0.29) is 11.9 Å². The Morgan fingerprint density at radius 2 is 1.55 bits per heavy atom. The van der Waals surface area contributed by atoms with Crippen LogP contribution < -0.4 is 19.5 Å². The van der Waals surface area contributed by atoms with Gasteiger partial charge in [0.25, 0.3) is 0 Å². The van der Waals surface area contributed by atoms with Crippen LogP contribution in [0.25, 0.3) is 0 Å². The molecule has 3 N–H and O–H groups in total. The Hall–Kier alpha value is -4.37. The van der Waals surface area contributed by atoms with E-state index < -0.39 is 0 Å². The van der Waals surface area contributed by atoms with Crippen LogP contribution in [0.4, 0.5) is 0 Å². The smallest absolute Gasteiger partial charge is 0.222 e. The summed E-state index contributed by atoms with van der Waals surface area (Å²) >= 11 is 0. The van der Waals surface area contributed by atoms with Gasteiger partial charge in [-0.15, -0.1) is 0 Å². The molecule has 1 amide bonds. The minimum Gasteiger partial charge on any atom is -0.497 e. The summed E-state index contributed by atoms with van der Waals surface area (Å²) in [6, 6.07) is 21.4. The van der Waals surface area contributed by atoms with Gasteiger partial charge in [0, 0.05) is 61.9 Å². The van der Waals surface area contributed by atoms with Crippen molar-refractivity contribution in [3.05, 3.63) is 89.0 Å². The second kappa shape index (κ2) is 14.9. The number of likely N-dealkylation sites (tertiary alicyclic amines) is 2. The topological polar surface area (TPSA) is 111 Å². The number of nitrogens with zero attached hydrogens (tertiary/aromatic N) is 2. The molecule has 0 radical (unpaired) electrons. The molecule has 2 heterocycles. The molecule has 232 valence electrons. The molecule has 2 saturated heterocycles. The van der Waals surface area contributed by atoms with Crippen molar-refractivity contribution in [3.8, 4) is 17.2 Å². The quantitative estimate of drug-likeness (QED) is 0.144. The van der Waals surface area contributed by atoms with Gasteiger partial charge in [0.15, 0.2) is 0 Å². The Kier molecular flexibility index (Phi) is 10.5. The Morgan fingerprint density at radius 1 is 0.864 bits per heavy atom. The molecule has 0 spiro atoms. The highest BCUT2D eigenvalue weighted by atomic mass is 16.5. The summed E-state index contributed by atoms with van der Waals surface area (Å²) in [5, 5.41) is 21.2. The summed E-state index contributed by atoms with van der Waals surface area (Å²) in [5.74, 6) is 2.82. The van der Waals surface area contributed by atoms with E-state index in [1.807, 2.05) is 59.5 Å². The van der Waals surface area contributed by atoms with Crippen molar-refractivity contribution >= 4 is 17.5 Å². The van der Waals surface area contributed by atoms with Gasteiger partial charge in [-0.05, 0) is 85.8 Å². The van der Waals surface area contributed by atoms with Crippen molar-refractivity contribution < 1.29 is 19.0 Å². The minimum absolute atomic E-state index is 0.180. The predicted octanol–water partition coefficient (Wildman–Crippen LogP) is 5.09. The maximum atomic E-state index is 11.7. The van der Waals surface area contributed by atoms with Crippen LogP contribution in [-0.2, 0) is 11.3 Å². The first-order valence-electron chi connectivity index (χ1n) is 15.4. The van der Waals surface area contributed by atoms with Crippen LogP contribution in [0.5, 0.6) is 17.2 Å². The number of rotatable bonds is 13. The van der Waals surface area contributed by atoms with Crippen LogP contribution in [0.1, 0.15) is 54.4 Å². The number of piperidine rings is 1. The number of hydrogen-bond donors (Lipinski definition) is 3. The highest BCUT2D eigenvalue weighted by Crippen LogP contribution is 2.23. The minimum atomic E-state index is 0.180. The molecule has 0 unspecified atom stereocenters. The van der Waals surface area contributed by atoms with Crippen LogP contribution >= 0.6 is 0 Å². The fourth-order valence-corrected chi connectivity index (χ4v) is 5.84. The molecule has 9 nitrogen and oxygen atoms in total. The number of ether oxygens (including phenoxy) is 3. The molecule has 0 aliphatic carbocycles. The lowest BCUT2D eigenvalue weighted by Crippen LogP contribution is -2.44. The van der Waals surface area contributed by atoms with Gasteiger partial charge in [-0.3, -0.25) is 20.5 Å². The largest absolute Gasteiger partial charge is 0.497 e. The lowest BCUT2D eigenvalue weighted by molar-refractivity contribution is -0.127. The Balaban J connectivity index is 1.10. The average Bonchev–Trinajstić information content (AvgIpc) is 3.48. The Bertz CT molecular complexity index is 1430. The standard InChI is InChI=1S/C35H43N5O4/c1-42-28-12-8-26(9-13-28)34(36)31-15-14-30(43-2)23-32(31)35(37)38-27-16-20-39(21-17-27)24-25-6-10-29(11-7-25)44-22-4-19-40-18-3-5-33(40)41/h6-15,23,27,36H,3-5,16-22,24H2,1-2H3,(H2,37,38). The molecular formula is C35H43N5O4. The van der Waals surface area contributed by atoms with Gasteiger partial charge in [0.05, 0.1) is 26.5 Å². The van der Waals surface area contributed by atoms with E-state index in [2.05, 4.69) is 22.3 Å². The van der Waals surface area contributed by atoms with Crippen LogP contribution in [-0.4, -0.2) is 80.3 Å². The third-order valence-corrected chi connectivity index (χ3v) is 8.42. The third-order valence-electron chi connectivity index (χ3n) is 8.42. The highest BCUT2D eigenvalue weighted by Gasteiger charge is 2.23. The number of amidine groups is 1. The zero-order valence-electron chi connectivity index (χ0n) is 25.7. The van der Waals surface area contributed by atoms with Crippen molar-refractivity contribution in [2.75, 3.05) is 47.0 Å². The van der Waals surface area contributed by atoms with E-state index >= 15 is 0 Å². The highest BCUT2D eigenvalue weighted by molar-refractivity contribution is 6.17. The fourth-order valence-electron chi connectivity index (χ4n) is 5.84. The Morgan fingerprint density at radius 3 is 2.20 bits per heavy atom. The molecule has 44 heavy (non-hydrogen) atoms. The SMILES string of the molecule is COc1ccc(C(=N)c2ccc(OC)cc2C(=N)NC2CCN(Cc3ccc(OCCCN4CCCC4=O)cc3)CC2)cc1. The second-order valence-corrected chi connectivity index (χ2v) is 11.4. The first-order valence-corrected chi connectivity index (χ1v) is 15.4. The van der Waals surface area contributed by atoms with Gasteiger partial charge in [0.2, 0.25) is 5.91 Å². The molecule has 0 aromatic heterocycles. The van der Waals surface area contributed by atoms with Gasteiger partial charge in [-0.25, -0.2) is 0 Å². The molecule has 0 atom stereocenters. The number of hydrogen-bond acceptors (Lipinski definition) is 7. The zero-order valence-corrected chi connectivity index (χ0v) is 25.7. The summed E-state index contributed by atoms with van der Waals surface area (Å²) in [6.45, 7) is 5.01. The van der Waals surface area contributed by atoms with Crippen molar-refractivity contribution in [3.63, 3.8) is 0 Å². The third kappa shape index (κ3) is 7.96. The molecule has 2 fully saturated rings. The van der Waals surface area contributed by atoms with Crippen LogP contribution in [0.3, 0.4) is 0 Å². The second-order valence-electron chi connectivity index (χ2n) is 11.4. The Labute approximate surface area is 260 Å². The number of benzene rings is 3. The number of methoxy groups -OCH3 is 2. The van der Waals surface area contributed by atoms with Gasteiger partial charge in [-0.1, -0.05) is 12.1 Å². The van der Waals surface area contributed by atoms with Gasteiger partial charge >= 0.3 is 0 Å². The molecule has 3 aromatic rings. The summed E-state index contributed by atoms with van der Waals surface area (Å²) in [6.07, 6.45) is 4.36. The van der Waals surface area contributed by atoms with Gasteiger partial charge in [-0.2, -0.15) is 0 Å². The van der Waals surface area contributed by atoms with Crippen molar-refractivity contribution in [2.45, 2.75) is 44.7 Å². The molecular weight excluding hydrogens is 554 g/mol. The number of nitrogens with one attached hydrogen (secondary N) is 3. The molecule has 2 aliphatic heterocycles. The summed E-state index contributed by atoms with van der Waals surface area (Å²) in [5.41, 5.74) is 3.69. The molecule has 0 bridgehead atoms. The normalized spacial score (nSPS) is 15.7.